The Morgan fingerprint density at radius 2 is 2.00 bits per heavy atom. The van der Waals surface area contributed by atoms with Gasteiger partial charge in [-0.05, 0) is 38.4 Å². The molecule has 0 saturated carbocycles. The fourth-order valence-corrected chi connectivity index (χ4v) is 2.54. The van der Waals surface area contributed by atoms with Gasteiger partial charge in [0.2, 0.25) is 0 Å². The van der Waals surface area contributed by atoms with Gasteiger partial charge < -0.3 is 0 Å². The lowest BCUT2D eigenvalue weighted by Gasteiger charge is -2.21. The van der Waals surface area contributed by atoms with E-state index in [0.29, 0.717) is 11.1 Å². The van der Waals surface area contributed by atoms with Crippen LogP contribution >= 0.6 is 0 Å². The molecule has 1 fully saturated rings. The minimum Gasteiger partial charge on any atom is -0.297 e. The molecule has 4 nitrogen and oxygen atoms in total. The Hall–Kier alpha value is -1.68. The average Bonchev–Trinajstić information content (AvgIpc) is 2.88. The maximum Gasteiger partial charge on any atom is 0.262 e. The van der Waals surface area contributed by atoms with Gasteiger partial charge in [0.15, 0.2) is 0 Å². The molecule has 0 bridgehead atoms. The van der Waals surface area contributed by atoms with E-state index in [1.807, 2.05) is 13.0 Å². The Kier molecular flexibility index (Phi) is 2.26. The average molecular weight is 230 g/mol. The summed E-state index contributed by atoms with van der Waals surface area (Å²) in [5.41, 5.74) is 2.09. The Balaban J connectivity index is 2.02. The van der Waals surface area contributed by atoms with E-state index in [1.165, 1.54) is 4.90 Å². The lowest BCUT2D eigenvalue weighted by molar-refractivity contribution is 0.0570. The molecule has 2 heterocycles. The zero-order valence-corrected chi connectivity index (χ0v) is 9.69. The van der Waals surface area contributed by atoms with Crippen LogP contribution in [0.15, 0.2) is 18.2 Å². The zero-order valence-electron chi connectivity index (χ0n) is 9.69. The van der Waals surface area contributed by atoms with Gasteiger partial charge in [0.05, 0.1) is 17.3 Å². The van der Waals surface area contributed by atoms with E-state index in [-0.39, 0.29) is 18.0 Å². The number of nitrogens with zero attached hydrogens (tertiary/aromatic N) is 1. The zero-order chi connectivity index (χ0) is 12.0. The fraction of sp³-hybridized carbons (Fsp3) is 0.385. The first-order chi connectivity index (χ1) is 8.18. The van der Waals surface area contributed by atoms with Crippen LogP contribution in [0, 0.1) is 6.92 Å². The number of amides is 2. The summed E-state index contributed by atoms with van der Waals surface area (Å²) in [6.45, 7) is 2.80. The number of aryl methyl sites for hydroxylation is 1. The Morgan fingerprint density at radius 1 is 1.24 bits per heavy atom. The number of hydrogen-bond donors (Lipinski definition) is 1. The van der Waals surface area contributed by atoms with E-state index in [0.717, 1.165) is 24.9 Å². The van der Waals surface area contributed by atoms with Crippen molar-refractivity contribution in [2.75, 3.05) is 6.54 Å². The Bertz CT molecular complexity index is 504. The van der Waals surface area contributed by atoms with Gasteiger partial charge in [-0.25, -0.2) is 0 Å². The van der Waals surface area contributed by atoms with Crippen molar-refractivity contribution >= 4 is 11.8 Å². The number of carbonyl (C=O) groups excluding carboxylic acids is 2. The molecule has 1 aromatic carbocycles. The van der Waals surface area contributed by atoms with Crippen molar-refractivity contribution < 1.29 is 9.59 Å². The predicted molar refractivity (Wildman–Crippen MR) is 62.7 cm³/mol. The molecule has 1 saturated heterocycles. The Morgan fingerprint density at radius 3 is 2.71 bits per heavy atom. The summed E-state index contributed by atoms with van der Waals surface area (Å²) in [6, 6.07) is 5.42. The molecule has 1 N–H and O–H groups in total. The van der Waals surface area contributed by atoms with E-state index in [1.54, 1.807) is 12.1 Å². The second kappa shape index (κ2) is 3.67. The van der Waals surface area contributed by atoms with Crippen molar-refractivity contribution in [1.29, 1.82) is 0 Å². The van der Waals surface area contributed by atoms with Crippen molar-refractivity contribution in [2.24, 2.45) is 0 Å². The first-order valence-electron chi connectivity index (χ1n) is 5.90. The van der Waals surface area contributed by atoms with Crippen LogP contribution < -0.4 is 5.32 Å². The minimum atomic E-state index is -0.163. The number of imide groups is 1. The predicted octanol–water partition coefficient (Wildman–Crippen LogP) is 1.30. The monoisotopic (exact) mass is 230 g/mol. The van der Waals surface area contributed by atoms with Crippen molar-refractivity contribution in [1.82, 2.24) is 10.2 Å². The number of nitrogens with one attached hydrogen (secondary N) is 1. The molecular formula is C13H14N2O2. The highest BCUT2D eigenvalue weighted by Crippen LogP contribution is 2.27. The lowest BCUT2D eigenvalue weighted by atomic mass is 10.1. The van der Waals surface area contributed by atoms with Crippen molar-refractivity contribution in [2.45, 2.75) is 25.9 Å². The molecule has 1 atom stereocenters. The van der Waals surface area contributed by atoms with Crippen LogP contribution in [0.2, 0.25) is 0 Å². The summed E-state index contributed by atoms with van der Waals surface area (Å²) >= 11 is 0. The van der Waals surface area contributed by atoms with E-state index < -0.39 is 0 Å². The molecule has 88 valence electrons. The van der Waals surface area contributed by atoms with Crippen LogP contribution in [0.3, 0.4) is 0 Å². The SMILES string of the molecule is Cc1ccc2c(c1)C(=O)N(C1CCCN1)C2=O. The van der Waals surface area contributed by atoms with Gasteiger partial charge in [-0.1, -0.05) is 11.6 Å². The standard InChI is InChI=1S/C13H14N2O2/c1-8-4-5-9-10(7-8)13(17)15(12(9)16)11-3-2-6-14-11/h4-5,7,11,14H,2-3,6H2,1H3. The highest BCUT2D eigenvalue weighted by atomic mass is 16.2. The molecule has 1 unspecified atom stereocenters. The first-order valence-corrected chi connectivity index (χ1v) is 5.90. The van der Waals surface area contributed by atoms with Crippen molar-refractivity contribution in [3.8, 4) is 0 Å². The van der Waals surface area contributed by atoms with E-state index in [2.05, 4.69) is 5.32 Å². The van der Waals surface area contributed by atoms with Crippen molar-refractivity contribution in [3.05, 3.63) is 34.9 Å². The molecule has 3 rings (SSSR count). The van der Waals surface area contributed by atoms with Crippen LogP contribution in [-0.2, 0) is 0 Å². The molecule has 4 heteroatoms. The highest BCUT2D eigenvalue weighted by Gasteiger charge is 2.40. The molecule has 0 spiro atoms. The third-order valence-corrected chi connectivity index (χ3v) is 3.42. The summed E-state index contributed by atoms with van der Waals surface area (Å²) in [5, 5.41) is 3.19. The molecule has 2 aliphatic rings. The van der Waals surface area contributed by atoms with E-state index >= 15 is 0 Å². The third-order valence-electron chi connectivity index (χ3n) is 3.42. The summed E-state index contributed by atoms with van der Waals surface area (Å²) < 4.78 is 0. The molecule has 2 aliphatic heterocycles. The fourth-order valence-electron chi connectivity index (χ4n) is 2.54. The molecular weight excluding hydrogens is 216 g/mol. The van der Waals surface area contributed by atoms with Gasteiger partial charge in [0.1, 0.15) is 0 Å². The van der Waals surface area contributed by atoms with Gasteiger partial charge in [0.25, 0.3) is 11.8 Å². The smallest absolute Gasteiger partial charge is 0.262 e. The molecule has 2 amide bonds. The lowest BCUT2D eigenvalue weighted by Crippen LogP contribution is -2.45. The van der Waals surface area contributed by atoms with E-state index in [4.69, 9.17) is 0 Å². The maximum atomic E-state index is 12.2. The quantitative estimate of drug-likeness (QED) is 0.740. The van der Waals surface area contributed by atoms with Gasteiger partial charge >= 0.3 is 0 Å². The number of benzene rings is 1. The van der Waals surface area contributed by atoms with Gasteiger partial charge in [-0.3, -0.25) is 19.8 Å². The van der Waals surface area contributed by atoms with Crippen molar-refractivity contribution in [3.63, 3.8) is 0 Å². The second-order valence-electron chi connectivity index (χ2n) is 4.64. The highest BCUT2D eigenvalue weighted by molar-refractivity contribution is 6.21. The van der Waals surface area contributed by atoms with Crippen LogP contribution in [0.4, 0.5) is 0 Å². The topological polar surface area (TPSA) is 49.4 Å². The minimum absolute atomic E-state index is 0.122. The second-order valence-corrected chi connectivity index (χ2v) is 4.64. The number of fused-ring (bicyclic) bond motifs is 1. The van der Waals surface area contributed by atoms with Crippen LogP contribution in [0.5, 0.6) is 0 Å². The molecule has 0 aliphatic carbocycles. The van der Waals surface area contributed by atoms with Gasteiger partial charge in [0, 0.05) is 0 Å². The Labute approximate surface area is 99.6 Å². The molecule has 0 aromatic heterocycles. The number of rotatable bonds is 1. The normalized spacial score (nSPS) is 23.4. The van der Waals surface area contributed by atoms with Crippen LogP contribution in [0.1, 0.15) is 39.1 Å². The number of carbonyl (C=O) groups is 2. The van der Waals surface area contributed by atoms with Gasteiger partial charge in [-0.15, -0.1) is 0 Å². The van der Waals surface area contributed by atoms with Gasteiger partial charge in [-0.2, -0.15) is 0 Å². The van der Waals surface area contributed by atoms with E-state index in [9.17, 15) is 9.59 Å². The first kappa shape index (κ1) is 10.5. The summed E-state index contributed by atoms with van der Waals surface area (Å²) in [6.07, 6.45) is 1.74. The molecule has 0 radical (unpaired) electrons. The summed E-state index contributed by atoms with van der Waals surface area (Å²) in [4.78, 5) is 25.8. The van der Waals surface area contributed by atoms with Crippen LogP contribution in [-0.4, -0.2) is 29.4 Å². The summed E-state index contributed by atoms with van der Waals surface area (Å²) in [7, 11) is 0. The summed E-state index contributed by atoms with van der Waals surface area (Å²) in [5.74, 6) is -0.322. The maximum absolute atomic E-state index is 12.2. The molecule has 1 aromatic rings. The number of hydrogen-bond acceptors (Lipinski definition) is 3. The van der Waals surface area contributed by atoms with Crippen LogP contribution in [0.25, 0.3) is 0 Å². The largest absolute Gasteiger partial charge is 0.297 e. The third kappa shape index (κ3) is 1.48. The molecule has 17 heavy (non-hydrogen) atoms.